The number of hydrogen-bond acceptors (Lipinski definition) is 1. The molecule has 0 spiro atoms. The summed E-state index contributed by atoms with van der Waals surface area (Å²) in [7, 11) is 0. The summed E-state index contributed by atoms with van der Waals surface area (Å²) in [4.78, 5) is 12.1. The first-order valence-electron chi connectivity index (χ1n) is 6.74. The van der Waals surface area contributed by atoms with E-state index in [2.05, 4.69) is 26.8 Å². The van der Waals surface area contributed by atoms with Gasteiger partial charge in [-0.2, -0.15) is 0 Å². The van der Waals surface area contributed by atoms with Gasteiger partial charge in [-0.3, -0.25) is 4.79 Å². The Morgan fingerprint density at radius 1 is 1.18 bits per heavy atom. The molecule has 1 nitrogen and oxygen atoms in total. The van der Waals surface area contributed by atoms with Gasteiger partial charge in [0.05, 0.1) is 0 Å². The lowest BCUT2D eigenvalue weighted by molar-refractivity contribution is 0.0982. The van der Waals surface area contributed by atoms with Crippen molar-refractivity contribution in [2.24, 2.45) is 5.92 Å². The Hall–Kier alpha value is -1.11. The highest BCUT2D eigenvalue weighted by atomic mass is 16.1. The van der Waals surface area contributed by atoms with Gasteiger partial charge in [0.15, 0.2) is 5.78 Å². The zero-order chi connectivity index (χ0) is 12.4. The molecule has 0 bridgehead atoms. The van der Waals surface area contributed by atoms with Crippen molar-refractivity contribution in [3.63, 3.8) is 0 Å². The fraction of sp³-hybridized carbons (Fsp3) is 0.562. The molecule has 0 fully saturated rings. The fourth-order valence-electron chi connectivity index (χ4n) is 2.77. The molecule has 1 heteroatoms. The Morgan fingerprint density at radius 3 is 2.59 bits per heavy atom. The van der Waals surface area contributed by atoms with Gasteiger partial charge < -0.3 is 0 Å². The number of ketones is 1. The number of rotatable bonds is 2. The van der Waals surface area contributed by atoms with Crippen LogP contribution < -0.4 is 0 Å². The van der Waals surface area contributed by atoms with Gasteiger partial charge in [0, 0.05) is 12.0 Å². The van der Waals surface area contributed by atoms with Crippen LogP contribution in [0.2, 0.25) is 0 Å². The zero-order valence-corrected chi connectivity index (χ0v) is 11.2. The van der Waals surface area contributed by atoms with Crippen molar-refractivity contribution in [3.05, 3.63) is 34.4 Å². The molecule has 0 saturated carbocycles. The maximum Gasteiger partial charge on any atom is 0.163 e. The predicted octanol–water partition coefficient (Wildman–Crippen LogP) is 4.10. The van der Waals surface area contributed by atoms with Crippen LogP contribution >= 0.6 is 0 Å². The van der Waals surface area contributed by atoms with Crippen molar-refractivity contribution in [2.45, 2.75) is 52.9 Å². The third-order valence-corrected chi connectivity index (χ3v) is 3.66. The van der Waals surface area contributed by atoms with Gasteiger partial charge in [-0.05, 0) is 55.2 Å². The third kappa shape index (κ3) is 2.59. The topological polar surface area (TPSA) is 17.1 Å². The molecule has 0 atom stereocenters. The molecule has 0 heterocycles. The molecule has 0 aliphatic heterocycles. The number of aryl methyl sites for hydroxylation is 1. The van der Waals surface area contributed by atoms with Crippen LogP contribution in [0.1, 0.15) is 60.2 Å². The summed E-state index contributed by atoms with van der Waals surface area (Å²) in [6, 6.07) is 4.17. The molecule has 0 N–H and O–H groups in total. The van der Waals surface area contributed by atoms with Crippen molar-refractivity contribution in [2.75, 3.05) is 0 Å². The lowest BCUT2D eigenvalue weighted by Gasteiger charge is -2.16. The zero-order valence-electron chi connectivity index (χ0n) is 11.2. The van der Waals surface area contributed by atoms with Crippen molar-refractivity contribution < 1.29 is 4.79 Å². The summed E-state index contributed by atoms with van der Waals surface area (Å²) in [6.07, 6.45) is 5.13. The standard InChI is InChI=1S/C16H22O/c1-11(2)10-15-12(3)8-9-14-13(15)6-4-5-7-16(14)17/h8-9,11H,4-7,10H2,1-3H3. The highest BCUT2D eigenvalue weighted by Gasteiger charge is 2.19. The van der Waals surface area contributed by atoms with Gasteiger partial charge >= 0.3 is 0 Å². The number of carbonyl (C=O) groups is 1. The summed E-state index contributed by atoms with van der Waals surface area (Å²) in [5.41, 5.74) is 5.14. The first-order valence-corrected chi connectivity index (χ1v) is 6.74. The van der Waals surface area contributed by atoms with E-state index >= 15 is 0 Å². The molecule has 0 radical (unpaired) electrons. The molecule has 1 aromatic rings. The molecule has 1 aliphatic rings. The summed E-state index contributed by atoms with van der Waals surface area (Å²) < 4.78 is 0. The van der Waals surface area contributed by atoms with Crippen molar-refractivity contribution >= 4 is 5.78 Å². The Bertz CT molecular complexity index is 429. The fourth-order valence-corrected chi connectivity index (χ4v) is 2.77. The van der Waals surface area contributed by atoms with Crippen molar-refractivity contribution in [3.8, 4) is 0 Å². The van der Waals surface area contributed by atoms with Gasteiger partial charge in [0.25, 0.3) is 0 Å². The molecule has 1 aromatic carbocycles. The molecule has 2 rings (SSSR count). The van der Waals surface area contributed by atoms with Gasteiger partial charge in [0.1, 0.15) is 0 Å². The number of Topliss-reactive ketones (excluding diaryl/α,β-unsaturated/α-hetero) is 1. The second kappa shape index (κ2) is 5.03. The number of carbonyl (C=O) groups excluding carboxylic acids is 1. The lowest BCUT2D eigenvalue weighted by atomic mass is 9.88. The summed E-state index contributed by atoms with van der Waals surface area (Å²) in [5, 5.41) is 0. The molecule has 1 aliphatic carbocycles. The smallest absolute Gasteiger partial charge is 0.163 e. The molecule has 0 aromatic heterocycles. The van der Waals surface area contributed by atoms with Crippen molar-refractivity contribution in [1.29, 1.82) is 0 Å². The maximum atomic E-state index is 12.1. The van der Waals surface area contributed by atoms with E-state index in [0.717, 1.165) is 37.7 Å². The lowest BCUT2D eigenvalue weighted by Crippen LogP contribution is -2.07. The van der Waals surface area contributed by atoms with E-state index in [1.54, 1.807) is 0 Å². The summed E-state index contributed by atoms with van der Waals surface area (Å²) in [6.45, 7) is 6.67. The van der Waals surface area contributed by atoms with Crippen LogP contribution in [0, 0.1) is 12.8 Å². The van der Waals surface area contributed by atoms with Crippen LogP contribution in [0.5, 0.6) is 0 Å². The summed E-state index contributed by atoms with van der Waals surface area (Å²) >= 11 is 0. The molecular weight excluding hydrogens is 208 g/mol. The van der Waals surface area contributed by atoms with Gasteiger partial charge in [-0.25, -0.2) is 0 Å². The highest BCUT2D eigenvalue weighted by molar-refractivity contribution is 5.98. The largest absolute Gasteiger partial charge is 0.294 e. The Balaban J connectivity index is 2.50. The minimum Gasteiger partial charge on any atom is -0.294 e. The first-order chi connectivity index (χ1) is 8.09. The van der Waals surface area contributed by atoms with E-state index in [-0.39, 0.29) is 0 Å². The number of benzene rings is 1. The monoisotopic (exact) mass is 230 g/mol. The van der Waals surface area contributed by atoms with Crippen LogP contribution in [0.15, 0.2) is 12.1 Å². The minimum absolute atomic E-state index is 0.350. The van der Waals surface area contributed by atoms with Crippen LogP contribution in [-0.4, -0.2) is 5.78 Å². The number of hydrogen-bond donors (Lipinski definition) is 0. The summed E-state index contributed by atoms with van der Waals surface area (Å²) in [5.74, 6) is 1.00. The number of fused-ring (bicyclic) bond motifs is 1. The molecule has 0 unspecified atom stereocenters. The van der Waals surface area contributed by atoms with Crippen LogP contribution in [0.25, 0.3) is 0 Å². The SMILES string of the molecule is Cc1ccc2c(c1CC(C)C)CCCCC2=O. The normalized spacial score (nSPS) is 15.9. The van der Waals surface area contributed by atoms with E-state index in [9.17, 15) is 4.79 Å². The first kappa shape index (κ1) is 12.3. The molecule has 17 heavy (non-hydrogen) atoms. The van der Waals surface area contributed by atoms with Crippen molar-refractivity contribution in [1.82, 2.24) is 0 Å². The highest BCUT2D eigenvalue weighted by Crippen LogP contribution is 2.28. The van der Waals surface area contributed by atoms with Crippen LogP contribution in [-0.2, 0) is 12.8 Å². The van der Waals surface area contributed by atoms with E-state index in [1.165, 1.54) is 16.7 Å². The average Bonchev–Trinajstić information content (AvgIpc) is 2.45. The van der Waals surface area contributed by atoms with E-state index in [0.29, 0.717) is 11.7 Å². The Kier molecular flexibility index (Phi) is 3.66. The molecule has 92 valence electrons. The van der Waals surface area contributed by atoms with Gasteiger partial charge in [0.2, 0.25) is 0 Å². The molecule has 0 saturated heterocycles. The quantitative estimate of drug-likeness (QED) is 0.699. The Morgan fingerprint density at radius 2 is 1.88 bits per heavy atom. The Labute approximate surface area is 104 Å². The minimum atomic E-state index is 0.350. The molecular formula is C16H22O. The van der Waals surface area contributed by atoms with Gasteiger partial charge in [-0.1, -0.05) is 26.0 Å². The van der Waals surface area contributed by atoms with E-state index in [1.807, 2.05) is 6.07 Å². The maximum absolute atomic E-state index is 12.1. The molecule has 0 amide bonds. The second-order valence-electron chi connectivity index (χ2n) is 5.62. The predicted molar refractivity (Wildman–Crippen MR) is 71.6 cm³/mol. The van der Waals surface area contributed by atoms with Crippen LogP contribution in [0.4, 0.5) is 0 Å². The second-order valence-corrected chi connectivity index (χ2v) is 5.62. The third-order valence-electron chi connectivity index (χ3n) is 3.66. The van der Waals surface area contributed by atoms with E-state index in [4.69, 9.17) is 0 Å². The average molecular weight is 230 g/mol. The van der Waals surface area contributed by atoms with Gasteiger partial charge in [-0.15, -0.1) is 0 Å². The van der Waals surface area contributed by atoms with E-state index < -0.39 is 0 Å². The van der Waals surface area contributed by atoms with Crippen LogP contribution in [0.3, 0.4) is 0 Å².